The highest BCUT2D eigenvalue weighted by atomic mass is 16.2. The molecule has 0 aliphatic carbocycles. The molecule has 0 spiro atoms. The summed E-state index contributed by atoms with van der Waals surface area (Å²) in [6.45, 7) is 3.34. The Labute approximate surface area is 71.8 Å². The van der Waals surface area contributed by atoms with E-state index in [-0.39, 0.29) is 6.03 Å². The third-order valence-corrected chi connectivity index (χ3v) is 1.31. The highest BCUT2D eigenvalue weighted by Gasteiger charge is 1.96. The molecule has 0 aromatic heterocycles. The van der Waals surface area contributed by atoms with Crippen molar-refractivity contribution in [1.82, 2.24) is 5.32 Å². The Morgan fingerprint density at radius 2 is 2.00 bits per heavy atom. The topological polar surface area (TPSA) is 41.1 Å². The van der Waals surface area contributed by atoms with Crippen molar-refractivity contribution in [2.45, 2.75) is 6.92 Å². The molecule has 0 fully saturated rings. The third-order valence-electron chi connectivity index (χ3n) is 1.31. The highest BCUT2D eigenvalue weighted by Crippen LogP contribution is 2.03. The number of urea groups is 1. The van der Waals surface area contributed by atoms with Crippen LogP contribution in [0.25, 0.3) is 0 Å². The maximum Gasteiger partial charge on any atom is 0.319 e. The highest BCUT2D eigenvalue weighted by molar-refractivity contribution is 5.89. The summed E-state index contributed by atoms with van der Waals surface area (Å²) in [6.07, 6.45) is 0. The Morgan fingerprint density at radius 1 is 1.33 bits per heavy atom. The standard InChI is InChI=1S/C9H11N2O/c1-2-10-9(12)11-8-6-4-3-5-7-8/h2-7H,1H3,(H2,10,11,12). The summed E-state index contributed by atoms with van der Waals surface area (Å²) in [5, 5.41) is 5.18. The predicted molar refractivity (Wildman–Crippen MR) is 48.6 cm³/mol. The Hall–Kier alpha value is -1.51. The summed E-state index contributed by atoms with van der Waals surface area (Å²) in [6, 6.07) is 9.07. The first-order chi connectivity index (χ1) is 5.83. The molecular formula is C9H11N2O. The zero-order chi connectivity index (χ0) is 8.81. The van der Waals surface area contributed by atoms with Gasteiger partial charge in [-0.3, -0.25) is 0 Å². The minimum absolute atomic E-state index is 0.219. The van der Waals surface area contributed by atoms with Crippen LogP contribution < -0.4 is 10.6 Å². The normalized spacial score (nSPS) is 9.08. The molecule has 0 aliphatic heterocycles. The number of hydrogen-bond acceptors (Lipinski definition) is 1. The number of amides is 2. The van der Waals surface area contributed by atoms with Gasteiger partial charge in [-0.15, -0.1) is 0 Å². The number of anilines is 1. The van der Waals surface area contributed by atoms with Gasteiger partial charge in [-0.05, 0) is 19.1 Å². The lowest BCUT2D eigenvalue weighted by molar-refractivity contribution is 0.254. The van der Waals surface area contributed by atoms with Crippen LogP contribution in [0.1, 0.15) is 6.92 Å². The van der Waals surface area contributed by atoms with Crippen LogP contribution in [0.3, 0.4) is 0 Å². The largest absolute Gasteiger partial charge is 0.333 e. The van der Waals surface area contributed by atoms with Crippen molar-refractivity contribution >= 4 is 11.7 Å². The molecule has 0 saturated heterocycles. The van der Waals surface area contributed by atoms with Crippen molar-refractivity contribution < 1.29 is 4.79 Å². The van der Waals surface area contributed by atoms with Crippen molar-refractivity contribution in [1.29, 1.82) is 0 Å². The summed E-state index contributed by atoms with van der Waals surface area (Å²) in [7, 11) is 0. The molecule has 0 heterocycles. The van der Waals surface area contributed by atoms with Gasteiger partial charge in [0, 0.05) is 12.2 Å². The molecule has 12 heavy (non-hydrogen) atoms. The van der Waals surface area contributed by atoms with Crippen LogP contribution in [-0.2, 0) is 0 Å². The zero-order valence-corrected chi connectivity index (χ0v) is 6.87. The van der Waals surface area contributed by atoms with Gasteiger partial charge in [-0.1, -0.05) is 18.2 Å². The Kier molecular flexibility index (Phi) is 3.14. The van der Waals surface area contributed by atoms with Gasteiger partial charge in [0.1, 0.15) is 0 Å². The lowest BCUT2D eigenvalue weighted by Crippen LogP contribution is -2.25. The van der Waals surface area contributed by atoms with E-state index in [9.17, 15) is 4.79 Å². The van der Waals surface area contributed by atoms with Gasteiger partial charge in [0.05, 0.1) is 0 Å². The van der Waals surface area contributed by atoms with Crippen LogP contribution in [0.15, 0.2) is 30.3 Å². The molecule has 2 amide bonds. The number of carbonyl (C=O) groups is 1. The Bertz CT molecular complexity index is 246. The molecule has 1 aromatic carbocycles. The van der Waals surface area contributed by atoms with Gasteiger partial charge >= 0.3 is 6.03 Å². The summed E-state index contributed by atoms with van der Waals surface area (Å²) in [5.41, 5.74) is 0.789. The van der Waals surface area contributed by atoms with Gasteiger partial charge in [-0.2, -0.15) is 0 Å². The quantitative estimate of drug-likeness (QED) is 0.687. The molecule has 1 rings (SSSR count). The van der Waals surface area contributed by atoms with E-state index in [2.05, 4.69) is 10.6 Å². The van der Waals surface area contributed by atoms with Crippen LogP contribution in [0.2, 0.25) is 0 Å². The van der Waals surface area contributed by atoms with Gasteiger partial charge in [0.2, 0.25) is 0 Å². The van der Waals surface area contributed by atoms with E-state index in [0.29, 0.717) is 0 Å². The second-order valence-electron chi connectivity index (χ2n) is 2.25. The summed E-state index contributed by atoms with van der Waals surface area (Å²) >= 11 is 0. The number of hydrogen-bond donors (Lipinski definition) is 2. The summed E-state index contributed by atoms with van der Waals surface area (Å²) < 4.78 is 0. The SMILES string of the molecule is C[CH]NC(=O)Nc1ccccc1. The monoisotopic (exact) mass is 163 g/mol. The van der Waals surface area contributed by atoms with Crippen molar-refractivity contribution in [2.75, 3.05) is 5.32 Å². The van der Waals surface area contributed by atoms with Gasteiger partial charge in [0.15, 0.2) is 0 Å². The molecule has 3 heteroatoms. The average Bonchev–Trinajstić information content (AvgIpc) is 2.06. The van der Waals surface area contributed by atoms with Crippen LogP contribution in [0.5, 0.6) is 0 Å². The molecule has 2 N–H and O–H groups in total. The minimum atomic E-state index is -0.219. The third kappa shape index (κ3) is 2.62. The number of benzene rings is 1. The Morgan fingerprint density at radius 3 is 2.58 bits per heavy atom. The lowest BCUT2D eigenvalue weighted by Gasteiger charge is -2.03. The molecule has 1 radical (unpaired) electrons. The van der Waals surface area contributed by atoms with Crippen molar-refractivity contribution in [3.05, 3.63) is 36.9 Å². The summed E-state index contributed by atoms with van der Waals surface area (Å²) in [5.74, 6) is 0. The molecule has 0 atom stereocenters. The minimum Gasteiger partial charge on any atom is -0.333 e. The number of para-hydroxylation sites is 1. The molecule has 0 unspecified atom stereocenters. The predicted octanol–water partition coefficient (Wildman–Crippen LogP) is 1.99. The maximum absolute atomic E-state index is 11.0. The number of rotatable bonds is 2. The molecule has 0 bridgehead atoms. The van der Waals surface area contributed by atoms with E-state index in [1.54, 1.807) is 13.5 Å². The Balaban J connectivity index is 2.47. The lowest BCUT2D eigenvalue weighted by atomic mass is 10.3. The fourth-order valence-corrected chi connectivity index (χ4v) is 0.820. The summed E-state index contributed by atoms with van der Waals surface area (Å²) in [4.78, 5) is 11.0. The van der Waals surface area contributed by atoms with E-state index < -0.39 is 0 Å². The van der Waals surface area contributed by atoms with E-state index in [4.69, 9.17) is 0 Å². The molecule has 0 aliphatic rings. The molecule has 3 nitrogen and oxygen atoms in total. The molecule has 63 valence electrons. The average molecular weight is 163 g/mol. The van der Waals surface area contributed by atoms with Crippen molar-refractivity contribution in [2.24, 2.45) is 0 Å². The van der Waals surface area contributed by atoms with Crippen molar-refractivity contribution in [3.8, 4) is 0 Å². The first kappa shape index (κ1) is 8.59. The van der Waals surface area contributed by atoms with Gasteiger partial charge < -0.3 is 10.6 Å². The second kappa shape index (κ2) is 4.38. The molecule has 0 saturated carbocycles. The number of nitrogens with one attached hydrogen (secondary N) is 2. The fourth-order valence-electron chi connectivity index (χ4n) is 0.820. The molecular weight excluding hydrogens is 152 g/mol. The second-order valence-corrected chi connectivity index (χ2v) is 2.25. The first-order valence-electron chi connectivity index (χ1n) is 3.73. The van der Waals surface area contributed by atoms with Crippen LogP contribution in [-0.4, -0.2) is 6.03 Å². The first-order valence-corrected chi connectivity index (χ1v) is 3.73. The van der Waals surface area contributed by atoms with E-state index >= 15 is 0 Å². The number of carbonyl (C=O) groups excluding carboxylic acids is 1. The fraction of sp³-hybridized carbons (Fsp3) is 0.111. The smallest absolute Gasteiger partial charge is 0.319 e. The van der Waals surface area contributed by atoms with Gasteiger partial charge in [0.25, 0.3) is 0 Å². The van der Waals surface area contributed by atoms with E-state index in [0.717, 1.165) is 5.69 Å². The van der Waals surface area contributed by atoms with Crippen LogP contribution in [0.4, 0.5) is 10.5 Å². The van der Waals surface area contributed by atoms with Crippen molar-refractivity contribution in [3.63, 3.8) is 0 Å². The van der Waals surface area contributed by atoms with Gasteiger partial charge in [-0.25, -0.2) is 4.79 Å². The van der Waals surface area contributed by atoms with Crippen LogP contribution >= 0.6 is 0 Å². The maximum atomic E-state index is 11.0. The molecule has 1 aromatic rings. The van der Waals surface area contributed by atoms with E-state index in [1.165, 1.54) is 0 Å². The van der Waals surface area contributed by atoms with E-state index in [1.807, 2.05) is 30.3 Å². The van der Waals surface area contributed by atoms with Crippen LogP contribution in [0, 0.1) is 6.54 Å². The zero-order valence-electron chi connectivity index (χ0n) is 6.87.